The lowest BCUT2D eigenvalue weighted by atomic mass is 9.81. The number of amides is 4. The molecule has 0 saturated carbocycles. The smallest absolute Gasteiger partial charge is 0.261 e. The molecule has 0 atom stereocenters. The summed E-state index contributed by atoms with van der Waals surface area (Å²) in [5.41, 5.74) is 1.60. The first-order valence-corrected chi connectivity index (χ1v) is 18.1. The predicted octanol–water partition coefficient (Wildman–Crippen LogP) is 10.4. The summed E-state index contributed by atoms with van der Waals surface area (Å²) < 4.78 is 0. The standard InChI is InChI=1S/C42H46N2O4/c1-6-9-11-13-15-25(16-14-12-10-7-2)43-38(45)30-21-17-26-28-19-23-32-37-33(41(48)44(40(32)47)42(4,5)8-3)24-20-29(35(28)37)27-18-22-31(39(43)46)36(30)34(26)27/h17-25H,6-16H2,1-5H3. The Kier molecular flexibility index (Phi) is 8.25. The monoisotopic (exact) mass is 642 g/mol. The average molecular weight is 643 g/mol. The van der Waals surface area contributed by atoms with Crippen LogP contribution < -0.4 is 0 Å². The van der Waals surface area contributed by atoms with E-state index < -0.39 is 5.54 Å². The van der Waals surface area contributed by atoms with E-state index >= 15 is 0 Å². The van der Waals surface area contributed by atoms with Gasteiger partial charge in [0.1, 0.15) is 0 Å². The molecule has 2 heterocycles. The molecule has 0 N–H and O–H groups in total. The van der Waals surface area contributed by atoms with E-state index in [1.165, 1.54) is 4.90 Å². The maximum Gasteiger partial charge on any atom is 0.261 e. The van der Waals surface area contributed by atoms with E-state index in [-0.39, 0.29) is 29.7 Å². The lowest BCUT2D eigenvalue weighted by Crippen LogP contribution is -2.52. The molecule has 0 aliphatic carbocycles. The molecule has 0 fully saturated rings. The number of nitrogens with zero attached hydrogens (tertiary/aromatic N) is 2. The minimum absolute atomic E-state index is 0.113. The third-order valence-electron chi connectivity index (χ3n) is 11.3. The van der Waals surface area contributed by atoms with Crippen molar-refractivity contribution in [1.29, 1.82) is 0 Å². The Bertz CT molecular complexity index is 1990. The normalized spacial score (nSPS) is 15.1. The van der Waals surface area contributed by atoms with Crippen molar-refractivity contribution in [1.82, 2.24) is 9.80 Å². The molecular formula is C42H46N2O4. The van der Waals surface area contributed by atoms with Gasteiger partial charge in [0.15, 0.2) is 0 Å². The maximum absolute atomic E-state index is 14.4. The average Bonchev–Trinajstić information content (AvgIpc) is 3.08. The number of unbranched alkanes of at least 4 members (excludes halogenated alkanes) is 6. The molecule has 248 valence electrons. The van der Waals surface area contributed by atoms with Gasteiger partial charge in [-0.25, -0.2) is 0 Å². The van der Waals surface area contributed by atoms with Gasteiger partial charge in [-0.1, -0.05) is 96.4 Å². The van der Waals surface area contributed by atoms with Crippen LogP contribution in [0.15, 0.2) is 48.5 Å². The van der Waals surface area contributed by atoms with Crippen LogP contribution >= 0.6 is 0 Å². The largest absolute Gasteiger partial charge is 0.271 e. The number of hydrogen-bond acceptors (Lipinski definition) is 4. The van der Waals surface area contributed by atoms with E-state index in [2.05, 4.69) is 13.8 Å². The lowest BCUT2D eigenvalue weighted by molar-refractivity contribution is 0.0424. The molecule has 48 heavy (non-hydrogen) atoms. The zero-order valence-corrected chi connectivity index (χ0v) is 29.0. The first kappa shape index (κ1) is 32.2. The molecule has 0 bridgehead atoms. The van der Waals surface area contributed by atoms with E-state index in [1.54, 1.807) is 4.90 Å². The van der Waals surface area contributed by atoms with Crippen molar-refractivity contribution >= 4 is 66.7 Å². The summed E-state index contributed by atoms with van der Waals surface area (Å²) in [6, 6.07) is 15.3. The summed E-state index contributed by atoms with van der Waals surface area (Å²) in [5, 5.41) is 6.85. The molecule has 4 amide bonds. The minimum atomic E-state index is -0.623. The van der Waals surface area contributed by atoms with Crippen molar-refractivity contribution in [3.8, 4) is 0 Å². The molecule has 2 aliphatic rings. The number of hydrogen-bond donors (Lipinski definition) is 0. The van der Waals surface area contributed by atoms with Crippen LogP contribution in [0.1, 0.15) is 147 Å². The van der Waals surface area contributed by atoms with Crippen molar-refractivity contribution in [2.24, 2.45) is 0 Å². The number of benzene rings is 5. The van der Waals surface area contributed by atoms with E-state index in [4.69, 9.17) is 0 Å². The highest BCUT2D eigenvalue weighted by molar-refractivity contribution is 6.41. The summed E-state index contributed by atoms with van der Waals surface area (Å²) in [5.74, 6) is -0.931. The molecule has 0 radical (unpaired) electrons. The molecule has 0 aromatic heterocycles. The SMILES string of the molecule is CCCCCCC(CCCCCC)N1C(=O)c2ccc3c4ccc5c6c(ccc(c7ccc(c2c37)C1=O)c64)C(=O)N(C(C)(C)CC)C5=O. The van der Waals surface area contributed by atoms with Crippen LogP contribution in [0.25, 0.3) is 43.1 Å². The molecular weight excluding hydrogens is 596 g/mol. The van der Waals surface area contributed by atoms with Gasteiger partial charge in [0.05, 0.1) is 0 Å². The van der Waals surface area contributed by atoms with Crippen LogP contribution in [-0.4, -0.2) is 45.0 Å². The Morgan fingerprint density at radius 3 is 1.23 bits per heavy atom. The Labute approximate surface area is 282 Å². The van der Waals surface area contributed by atoms with Crippen molar-refractivity contribution in [2.75, 3.05) is 0 Å². The van der Waals surface area contributed by atoms with Crippen molar-refractivity contribution in [2.45, 2.75) is 117 Å². The van der Waals surface area contributed by atoms with Crippen LogP contribution in [-0.2, 0) is 0 Å². The third kappa shape index (κ3) is 4.74. The van der Waals surface area contributed by atoms with E-state index in [0.29, 0.717) is 39.4 Å². The fourth-order valence-electron chi connectivity index (χ4n) is 8.34. The van der Waals surface area contributed by atoms with Gasteiger partial charge in [0, 0.05) is 44.6 Å². The summed E-state index contributed by atoms with van der Waals surface area (Å²) in [7, 11) is 0. The van der Waals surface area contributed by atoms with Crippen LogP contribution in [0.5, 0.6) is 0 Å². The number of carbonyl (C=O) groups excluding carboxylic acids is 4. The second-order valence-corrected chi connectivity index (χ2v) is 14.6. The van der Waals surface area contributed by atoms with Gasteiger partial charge in [-0.15, -0.1) is 0 Å². The number of imide groups is 2. The highest BCUT2D eigenvalue weighted by Gasteiger charge is 2.42. The summed E-state index contributed by atoms with van der Waals surface area (Å²) in [6.45, 7) is 10.2. The zero-order chi connectivity index (χ0) is 33.9. The highest BCUT2D eigenvalue weighted by Crippen LogP contribution is 2.47. The van der Waals surface area contributed by atoms with E-state index in [1.807, 2.05) is 69.3 Å². The second-order valence-electron chi connectivity index (χ2n) is 14.6. The number of fused-ring (bicyclic) bond motifs is 2. The quantitative estimate of drug-likeness (QED) is 0.0554. The second kappa shape index (κ2) is 12.3. The molecule has 5 aromatic rings. The van der Waals surface area contributed by atoms with Gasteiger partial charge >= 0.3 is 0 Å². The fourth-order valence-corrected chi connectivity index (χ4v) is 8.34. The van der Waals surface area contributed by atoms with Gasteiger partial charge in [0.2, 0.25) is 0 Å². The van der Waals surface area contributed by atoms with Crippen LogP contribution in [0.4, 0.5) is 0 Å². The first-order chi connectivity index (χ1) is 23.2. The first-order valence-electron chi connectivity index (χ1n) is 18.1. The van der Waals surface area contributed by atoms with Crippen LogP contribution in [0.2, 0.25) is 0 Å². The minimum Gasteiger partial charge on any atom is -0.271 e. The molecule has 2 aliphatic heterocycles. The van der Waals surface area contributed by atoms with Crippen molar-refractivity contribution in [3.63, 3.8) is 0 Å². The van der Waals surface area contributed by atoms with Crippen LogP contribution in [0.3, 0.4) is 0 Å². The third-order valence-corrected chi connectivity index (χ3v) is 11.3. The molecule has 0 unspecified atom stereocenters. The van der Waals surface area contributed by atoms with Gasteiger partial charge in [-0.3, -0.25) is 29.0 Å². The Hall–Kier alpha value is -4.32. The van der Waals surface area contributed by atoms with Gasteiger partial charge in [-0.2, -0.15) is 0 Å². The topological polar surface area (TPSA) is 74.8 Å². The molecule has 6 nitrogen and oxygen atoms in total. The van der Waals surface area contributed by atoms with E-state index in [0.717, 1.165) is 96.5 Å². The van der Waals surface area contributed by atoms with Gasteiger partial charge < -0.3 is 0 Å². The molecule has 5 aromatic carbocycles. The molecule has 7 rings (SSSR count). The van der Waals surface area contributed by atoms with E-state index in [9.17, 15) is 19.2 Å². The lowest BCUT2D eigenvalue weighted by Gasteiger charge is -2.39. The highest BCUT2D eigenvalue weighted by atomic mass is 16.2. The van der Waals surface area contributed by atoms with Crippen molar-refractivity contribution < 1.29 is 19.2 Å². The van der Waals surface area contributed by atoms with Crippen LogP contribution in [0, 0.1) is 0 Å². The molecule has 6 heteroatoms. The Morgan fingerprint density at radius 1 is 0.500 bits per heavy atom. The van der Waals surface area contributed by atoms with Crippen molar-refractivity contribution in [3.05, 3.63) is 70.8 Å². The van der Waals surface area contributed by atoms with Gasteiger partial charge in [-0.05, 0) is 89.7 Å². The summed E-state index contributed by atoms with van der Waals surface area (Å²) in [6.07, 6.45) is 11.2. The van der Waals surface area contributed by atoms with Gasteiger partial charge in [0.25, 0.3) is 23.6 Å². The molecule has 0 spiro atoms. The Morgan fingerprint density at radius 2 is 0.875 bits per heavy atom. The zero-order valence-electron chi connectivity index (χ0n) is 29.0. The predicted molar refractivity (Wildman–Crippen MR) is 194 cm³/mol. The maximum atomic E-state index is 14.4. The summed E-state index contributed by atoms with van der Waals surface area (Å²) in [4.78, 5) is 59.5. The Balaban J connectivity index is 1.38. The fraction of sp³-hybridized carbons (Fsp3) is 0.429. The summed E-state index contributed by atoms with van der Waals surface area (Å²) >= 11 is 0. The number of carbonyl (C=O) groups is 4. The number of rotatable bonds is 13. The molecule has 0 saturated heterocycles.